The van der Waals surface area contributed by atoms with Gasteiger partial charge in [-0.15, -0.1) is 0 Å². The maximum absolute atomic E-state index is 6.87. The molecule has 374 valence electrons. The lowest BCUT2D eigenvalue weighted by atomic mass is 9.92. The molecule has 0 fully saturated rings. The van der Waals surface area contributed by atoms with Crippen molar-refractivity contribution in [2.45, 2.75) is 0 Å². The van der Waals surface area contributed by atoms with Gasteiger partial charge in [-0.1, -0.05) is 206 Å². The van der Waals surface area contributed by atoms with Gasteiger partial charge in [0.05, 0.1) is 11.4 Å². The molecule has 0 bridgehead atoms. The number of fused-ring (bicyclic) bond motifs is 6. The van der Waals surface area contributed by atoms with Gasteiger partial charge in [0, 0.05) is 44.3 Å². The third-order valence-corrected chi connectivity index (χ3v) is 16.0. The lowest BCUT2D eigenvalue weighted by Crippen LogP contribution is -2.11. The van der Waals surface area contributed by atoms with E-state index >= 15 is 0 Å². The second-order valence-electron chi connectivity index (χ2n) is 20.8. The number of anilines is 6. The Labute approximate surface area is 462 Å². The molecule has 2 aromatic heterocycles. The summed E-state index contributed by atoms with van der Waals surface area (Å²) < 4.78 is 13.7. The van der Waals surface area contributed by atoms with E-state index < -0.39 is 0 Å². The third-order valence-electron chi connectivity index (χ3n) is 16.0. The molecule has 80 heavy (non-hydrogen) atoms. The molecule has 0 aliphatic carbocycles. The Morgan fingerprint density at radius 3 is 0.838 bits per heavy atom. The van der Waals surface area contributed by atoms with Crippen LogP contribution >= 0.6 is 0 Å². The van der Waals surface area contributed by atoms with Crippen LogP contribution < -0.4 is 9.80 Å². The predicted molar refractivity (Wildman–Crippen MR) is 336 cm³/mol. The Hall–Kier alpha value is -10.7. The molecule has 0 aliphatic rings. The van der Waals surface area contributed by atoms with Gasteiger partial charge in [0.15, 0.2) is 11.2 Å². The molecule has 0 spiro atoms. The Morgan fingerprint density at radius 1 is 0.212 bits per heavy atom. The van der Waals surface area contributed by atoms with Crippen LogP contribution in [0.5, 0.6) is 0 Å². The zero-order valence-electron chi connectivity index (χ0n) is 43.4. The quantitative estimate of drug-likeness (QED) is 0.128. The monoisotopic (exact) mass is 1020 g/mol. The molecule has 0 saturated carbocycles. The van der Waals surface area contributed by atoms with Crippen molar-refractivity contribution in [3.63, 3.8) is 0 Å². The first kappa shape index (κ1) is 45.5. The van der Waals surface area contributed by atoms with Gasteiger partial charge in [0.2, 0.25) is 0 Å². The van der Waals surface area contributed by atoms with E-state index in [1.54, 1.807) is 0 Å². The second-order valence-corrected chi connectivity index (χ2v) is 20.8. The first-order valence-electron chi connectivity index (χ1n) is 27.3. The summed E-state index contributed by atoms with van der Waals surface area (Å²) in [4.78, 5) is 4.81. The van der Waals surface area contributed by atoms with Crippen LogP contribution in [-0.4, -0.2) is 0 Å². The van der Waals surface area contributed by atoms with Gasteiger partial charge < -0.3 is 18.6 Å². The van der Waals surface area contributed by atoms with Crippen molar-refractivity contribution in [2.24, 2.45) is 0 Å². The van der Waals surface area contributed by atoms with E-state index in [9.17, 15) is 0 Å². The summed E-state index contributed by atoms with van der Waals surface area (Å²) in [5.41, 5.74) is 18.6. The summed E-state index contributed by atoms with van der Waals surface area (Å²) >= 11 is 0. The third kappa shape index (κ3) is 7.60. The lowest BCUT2D eigenvalue weighted by Gasteiger charge is -2.29. The van der Waals surface area contributed by atoms with Crippen LogP contribution in [0.15, 0.2) is 300 Å². The zero-order chi connectivity index (χ0) is 52.7. The van der Waals surface area contributed by atoms with E-state index in [1.807, 2.05) is 12.1 Å². The van der Waals surface area contributed by atoms with E-state index in [0.29, 0.717) is 0 Å². The van der Waals surface area contributed by atoms with Crippen LogP contribution in [0.25, 0.3) is 121 Å². The Balaban J connectivity index is 0.914. The van der Waals surface area contributed by atoms with Gasteiger partial charge in [-0.2, -0.15) is 0 Å². The normalized spacial score (nSPS) is 11.8. The minimum atomic E-state index is 0.839. The average Bonchev–Trinajstić information content (AvgIpc) is 4.25. The highest BCUT2D eigenvalue weighted by atomic mass is 16.3. The van der Waals surface area contributed by atoms with Crippen molar-refractivity contribution < 1.29 is 8.83 Å². The van der Waals surface area contributed by atoms with E-state index in [-0.39, 0.29) is 0 Å². The number of nitrogens with zero attached hydrogens (tertiary/aromatic N) is 2. The molecule has 0 amide bonds. The summed E-state index contributed by atoms with van der Waals surface area (Å²) in [6, 6.07) is 105. The van der Waals surface area contributed by atoms with Gasteiger partial charge in [0.25, 0.3) is 0 Å². The zero-order valence-corrected chi connectivity index (χ0v) is 43.4. The van der Waals surface area contributed by atoms with Gasteiger partial charge in [-0.25, -0.2) is 0 Å². The molecule has 0 atom stereocenters. The molecule has 0 N–H and O–H groups in total. The molecule has 14 aromatic carbocycles. The maximum atomic E-state index is 6.87. The molecule has 0 aliphatic heterocycles. The fourth-order valence-electron chi connectivity index (χ4n) is 12.4. The van der Waals surface area contributed by atoms with Crippen LogP contribution in [-0.2, 0) is 0 Å². The number of hydrogen-bond acceptors (Lipinski definition) is 4. The summed E-state index contributed by atoms with van der Waals surface area (Å²) in [7, 11) is 0. The molecule has 16 rings (SSSR count). The van der Waals surface area contributed by atoms with Gasteiger partial charge >= 0.3 is 0 Å². The van der Waals surface area contributed by atoms with Crippen molar-refractivity contribution in [1.29, 1.82) is 0 Å². The van der Waals surface area contributed by atoms with Crippen LogP contribution in [0.3, 0.4) is 0 Å². The highest BCUT2D eigenvalue weighted by molar-refractivity contribution is 6.25. The molecular formula is C76H48N2O2. The molecule has 0 saturated heterocycles. The summed E-state index contributed by atoms with van der Waals surface area (Å²) in [6.07, 6.45) is 0. The number of para-hydroxylation sites is 4. The second kappa shape index (κ2) is 18.5. The summed E-state index contributed by atoms with van der Waals surface area (Å²) in [5.74, 6) is 0. The van der Waals surface area contributed by atoms with Gasteiger partial charge in [-0.05, 0) is 162 Å². The summed E-state index contributed by atoms with van der Waals surface area (Å²) in [5, 5.41) is 11.4. The van der Waals surface area contributed by atoms with Crippen LogP contribution in [0.4, 0.5) is 34.1 Å². The van der Waals surface area contributed by atoms with Crippen molar-refractivity contribution in [3.05, 3.63) is 291 Å². The van der Waals surface area contributed by atoms with E-state index in [0.717, 1.165) is 144 Å². The molecule has 2 heterocycles. The van der Waals surface area contributed by atoms with Crippen molar-refractivity contribution in [2.75, 3.05) is 9.80 Å². The van der Waals surface area contributed by atoms with E-state index in [2.05, 4.69) is 289 Å². The maximum Gasteiger partial charge on any atom is 0.159 e. The number of hydrogen-bond donors (Lipinski definition) is 0. The van der Waals surface area contributed by atoms with Crippen molar-refractivity contribution in [3.8, 4) is 44.5 Å². The first-order valence-corrected chi connectivity index (χ1v) is 27.3. The summed E-state index contributed by atoms with van der Waals surface area (Å²) in [6.45, 7) is 0. The minimum absolute atomic E-state index is 0.839. The molecule has 16 aromatic rings. The van der Waals surface area contributed by atoms with E-state index in [4.69, 9.17) is 8.83 Å². The number of rotatable bonds is 10. The largest absolute Gasteiger partial charge is 0.454 e. The van der Waals surface area contributed by atoms with Crippen LogP contribution in [0.1, 0.15) is 0 Å². The number of benzene rings is 14. The standard InChI is InChI=1S/C76H48N2O2/c1-5-19-49(20-6-1)57-39-58(50-21-7-2-8-22-50)46-63(45-57)77(69-31-17-29-67-65-27-13-15-33-71(65)79-75(67)69)61-41-53-35-37-55-43-62(44-56-38-36-54(42-61)73(53)74(55)56)78(70-32-18-30-68-66-28-14-16-34-72(66)80-76(68)70)64-47-59(51-23-9-3-10-24-51)40-60(48-64)52-25-11-4-12-26-52/h1-48H. The van der Waals surface area contributed by atoms with Crippen molar-refractivity contribution in [1.82, 2.24) is 0 Å². The topological polar surface area (TPSA) is 32.8 Å². The van der Waals surface area contributed by atoms with E-state index in [1.165, 1.54) is 10.8 Å². The highest BCUT2D eigenvalue weighted by Crippen LogP contribution is 2.50. The molecule has 0 unspecified atom stereocenters. The molecule has 4 heteroatoms. The molecular weight excluding hydrogens is 973 g/mol. The average molecular weight is 1020 g/mol. The SMILES string of the molecule is c1ccc(-c2cc(-c3ccccc3)cc(N(c3cc4ccc5cc(N(c6cc(-c7ccccc7)cc(-c7ccccc7)c6)c6cccc7c6oc6ccccc67)cc6ccc(c3)c4c56)c3cccc4c3oc3ccccc34)c2)cc1. The molecule has 0 radical (unpaired) electrons. The first-order chi connectivity index (χ1) is 39.6. The predicted octanol–water partition coefficient (Wildman–Crippen LogP) is 22.0. The Bertz CT molecular complexity index is 4510. The Kier molecular flexibility index (Phi) is 10.5. The fourth-order valence-corrected chi connectivity index (χ4v) is 12.4. The fraction of sp³-hybridized carbons (Fsp3) is 0. The highest BCUT2D eigenvalue weighted by Gasteiger charge is 2.25. The van der Waals surface area contributed by atoms with Crippen LogP contribution in [0, 0.1) is 0 Å². The number of furan rings is 2. The van der Waals surface area contributed by atoms with Crippen molar-refractivity contribution >= 4 is 110 Å². The molecule has 4 nitrogen and oxygen atoms in total. The smallest absolute Gasteiger partial charge is 0.159 e. The Morgan fingerprint density at radius 2 is 0.500 bits per heavy atom. The van der Waals surface area contributed by atoms with Crippen LogP contribution in [0.2, 0.25) is 0 Å². The van der Waals surface area contributed by atoms with Gasteiger partial charge in [-0.3, -0.25) is 0 Å². The minimum Gasteiger partial charge on any atom is -0.454 e. The van der Waals surface area contributed by atoms with Gasteiger partial charge in [0.1, 0.15) is 11.2 Å². The lowest BCUT2D eigenvalue weighted by molar-refractivity contribution is 0.668.